The minimum atomic E-state index is -0.118. The maximum atomic E-state index is 11.2. The fraction of sp³-hybridized carbons (Fsp3) is 0.143. The van der Waals surface area contributed by atoms with Crippen molar-refractivity contribution in [2.24, 2.45) is 0 Å². The van der Waals surface area contributed by atoms with Gasteiger partial charge in [-0.15, -0.1) is 21.5 Å². The van der Waals surface area contributed by atoms with Gasteiger partial charge < -0.3 is 5.32 Å². The maximum Gasteiger partial charge on any atom is 0.223 e. The second-order valence-electron chi connectivity index (χ2n) is 6.35. The molecule has 0 aliphatic carbocycles. The molecular formula is C21H19N5OS2. The van der Waals surface area contributed by atoms with Crippen molar-refractivity contribution >= 4 is 34.1 Å². The Morgan fingerprint density at radius 1 is 1.07 bits per heavy atom. The highest BCUT2D eigenvalue weighted by Crippen LogP contribution is 2.27. The van der Waals surface area contributed by atoms with Gasteiger partial charge in [0.1, 0.15) is 5.82 Å². The molecule has 0 saturated carbocycles. The summed E-state index contributed by atoms with van der Waals surface area (Å²) in [6, 6.07) is 20.4. The van der Waals surface area contributed by atoms with Crippen LogP contribution in [0.5, 0.6) is 0 Å². The number of nitrogens with zero attached hydrogens (tertiary/aromatic N) is 4. The molecule has 2 heterocycles. The third-order valence-electron chi connectivity index (χ3n) is 4.10. The molecule has 29 heavy (non-hydrogen) atoms. The average molecular weight is 422 g/mol. The first-order chi connectivity index (χ1) is 14.2. The number of para-hydroxylation sites is 1. The number of aromatic nitrogens is 4. The van der Waals surface area contributed by atoms with Gasteiger partial charge in [-0.3, -0.25) is 9.36 Å². The molecule has 0 aliphatic rings. The van der Waals surface area contributed by atoms with Crippen molar-refractivity contribution in [1.82, 2.24) is 19.7 Å². The Kier molecular flexibility index (Phi) is 6.02. The lowest BCUT2D eigenvalue weighted by Gasteiger charge is -2.10. The quantitative estimate of drug-likeness (QED) is 0.443. The number of anilines is 1. The Morgan fingerprint density at radius 3 is 2.52 bits per heavy atom. The summed E-state index contributed by atoms with van der Waals surface area (Å²) in [5, 5.41) is 15.0. The van der Waals surface area contributed by atoms with Gasteiger partial charge in [0, 0.05) is 30.2 Å². The fourth-order valence-corrected chi connectivity index (χ4v) is 4.57. The number of rotatable bonds is 7. The maximum absolute atomic E-state index is 11.2. The van der Waals surface area contributed by atoms with Crippen LogP contribution in [-0.4, -0.2) is 25.7 Å². The van der Waals surface area contributed by atoms with E-state index in [0.717, 1.165) is 22.4 Å². The molecule has 8 heteroatoms. The van der Waals surface area contributed by atoms with Crippen molar-refractivity contribution in [3.8, 4) is 5.69 Å². The molecule has 2 aromatic carbocycles. The number of hydrogen-bond donors (Lipinski definition) is 1. The summed E-state index contributed by atoms with van der Waals surface area (Å²) in [4.78, 5) is 15.6. The number of thiazole rings is 1. The number of thioether (sulfide) groups is 1. The van der Waals surface area contributed by atoms with Crippen molar-refractivity contribution in [2.75, 3.05) is 5.32 Å². The molecule has 0 fully saturated rings. The zero-order valence-electron chi connectivity index (χ0n) is 15.8. The van der Waals surface area contributed by atoms with E-state index in [1.165, 1.54) is 23.8 Å². The molecule has 4 aromatic rings. The van der Waals surface area contributed by atoms with E-state index < -0.39 is 0 Å². The summed E-state index contributed by atoms with van der Waals surface area (Å²) < 4.78 is 2.10. The smallest absolute Gasteiger partial charge is 0.223 e. The summed E-state index contributed by atoms with van der Waals surface area (Å²) in [5.74, 6) is 1.42. The van der Waals surface area contributed by atoms with Crippen LogP contribution in [0.2, 0.25) is 0 Å². The third kappa shape index (κ3) is 4.90. The van der Waals surface area contributed by atoms with Gasteiger partial charge in [0.25, 0.3) is 0 Å². The summed E-state index contributed by atoms with van der Waals surface area (Å²) in [5.41, 5.74) is 3.12. The largest absolute Gasteiger partial charge is 0.302 e. The van der Waals surface area contributed by atoms with Crippen LogP contribution < -0.4 is 5.32 Å². The standard InChI is InChI=1S/C21H19N5OS2/c1-15(27)22-20-23-17(13-28-20)14-29-21-25-24-19(12-16-8-4-2-5-9-16)26(21)18-10-6-3-7-11-18/h2-11,13H,12,14H2,1H3,(H,22,23,27). The van der Waals surface area contributed by atoms with Gasteiger partial charge >= 0.3 is 0 Å². The van der Waals surface area contributed by atoms with E-state index >= 15 is 0 Å². The van der Waals surface area contributed by atoms with Gasteiger partial charge in [-0.25, -0.2) is 4.98 Å². The molecule has 1 amide bonds. The SMILES string of the molecule is CC(=O)Nc1nc(CSc2nnc(Cc3ccccc3)n2-c2ccccc2)cs1. The van der Waals surface area contributed by atoms with Crippen LogP contribution in [0.15, 0.2) is 71.2 Å². The average Bonchev–Trinajstić information content (AvgIpc) is 3.34. The minimum Gasteiger partial charge on any atom is -0.302 e. The first kappa shape index (κ1) is 19.4. The third-order valence-corrected chi connectivity index (χ3v) is 5.87. The van der Waals surface area contributed by atoms with E-state index in [-0.39, 0.29) is 5.91 Å². The number of amides is 1. The highest BCUT2D eigenvalue weighted by atomic mass is 32.2. The Bertz CT molecular complexity index is 1090. The summed E-state index contributed by atoms with van der Waals surface area (Å²) in [6.45, 7) is 1.48. The van der Waals surface area contributed by atoms with Gasteiger partial charge in [-0.1, -0.05) is 60.3 Å². The van der Waals surface area contributed by atoms with Crippen molar-refractivity contribution in [2.45, 2.75) is 24.3 Å². The zero-order valence-corrected chi connectivity index (χ0v) is 17.4. The molecule has 0 unspecified atom stereocenters. The van der Waals surface area contributed by atoms with Crippen LogP contribution in [0.4, 0.5) is 5.13 Å². The van der Waals surface area contributed by atoms with Gasteiger partial charge in [0.05, 0.1) is 5.69 Å². The highest BCUT2D eigenvalue weighted by molar-refractivity contribution is 7.98. The number of hydrogen-bond acceptors (Lipinski definition) is 6. The minimum absolute atomic E-state index is 0.118. The van der Waals surface area contributed by atoms with E-state index in [1.54, 1.807) is 11.8 Å². The van der Waals surface area contributed by atoms with Crippen molar-refractivity contribution in [3.63, 3.8) is 0 Å². The molecule has 2 aromatic heterocycles. The van der Waals surface area contributed by atoms with E-state index in [4.69, 9.17) is 0 Å². The van der Waals surface area contributed by atoms with Gasteiger partial charge in [-0.05, 0) is 17.7 Å². The Hall–Kier alpha value is -2.97. The number of nitrogens with one attached hydrogen (secondary N) is 1. The monoisotopic (exact) mass is 421 g/mol. The molecule has 4 rings (SSSR count). The van der Waals surface area contributed by atoms with Crippen LogP contribution in [-0.2, 0) is 17.0 Å². The van der Waals surface area contributed by atoms with Gasteiger partial charge in [0.2, 0.25) is 5.91 Å². The molecule has 0 spiro atoms. The topological polar surface area (TPSA) is 72.7 Å². The molecule has 146 valence electrons. The predicted molar refractivity (Wildman–Crippen MR) is 117 cm³/mol. The molecule has 1 N–H and O–H groups in total. The summed E-state index contributed by atoms with van der Waals surface area (Å²) >= 11 is 3.00. The van der Waals surface area contributed by atoms with Gasteiger partial charge in [0.15, 0.2) is 10.3 Å². The molecule has 0 saturated heterocycles. The highest BCUT2D eigenvalue weighted by Gasteiger charge is 2.15. The molecule has 0 radical (unpaired) electrons. The number of carbonyl (C=O) groups is 1. The Balaban J connectivity index is 1.58. The lowest BCUT2D eigenvalue weighted by atomic mass is 10.1. The van der Waals surface area contributed by atoms with Crippen LogP contribution in [0.3, 0.4) is 0 Å². The van der Waals surface area contributed by atoms with E-state index in [0.29, 0.717) is 17.3 Å². The lowest BCUT2D eigenvalue weighted by Crippen LogP contribution is -2.05. The normalized spacial score (nSPS) is 10.8. The molecule has 0 bridgehead atoms. The lowest BCUT2D eigenvalue weighted by molar-refractivity contribution is -0.114. The van der Waals surface area contributed by atoms with E-state index in [1.807, 2.05) is 41.8 Å². The van der Waals surface area contributed by atoms with Crippen LogP contribution in [0.1, 0.15) is 24.0 Å². The fourth-order valence-electron chi connectivity index (χ4n) is 2.84. The van der Waals surface area contributed by atoms with Crippen LogP contribution in [0.25, 0.3) is 5.69 Å². The zero-order chi connectivity index (χ0) is 20.1. The predicted octanol–water partition coefficient (Wildman–Crippen LogP) is 4.57. The molecular weight excluding hydrogens is 402 g/mol. The number of benzene rings is 2. The Morgan fingerprint density at radius 2 is 1.79 bits per heavy atom. The first-order valence-electron chi connectivity index (χ1n) is 9.07. The van der Waals surface area contributed by atoms with Crippen molar-refractivity contribution < 1.29 is 4.79 Å². The number of carbonyl (C=O) groups excluding carboxylic acids is 1. The van der Waals surface area contributed by atoms with E-state index in [9.17, 15) is 4.79 Å². The van der Waals surface area contributed by atoms with E-state index in [2.05, 4.69) is 49.3 Å². The van der Waals surface area contributed by atoms with Gasteiger partial charge in [-0.2, -0.15) is 0 Å². The van der Waals surface area contributed by atoms with Crippen molar-refractivity contribution in [1.29, 1.82) is 0 Å². The second-order valence-corrected chi connectivity index (χ2v) is 8.15. The Labute approximate surface area is 177 Å². The molecule has 0 atom stereocenters. The molecule has 0 aliphatic heterocycles. The second kappa shape index (κ2) is 9.02. The van der Waals surface area contributed by atoms with Crippen LogP contribution >= 0.6 is 23.1 Å². The van der Waals surface area contributed by atoms with Crippen molar-refractivity contribution in [3.05, 3.63) is 83.1 Å². The van der Waals surface area contributed by atoms with Crippen LogP contribution in [0, 0.1) is 0 Å². The first-order valence-corrected chi connectivity index (χ1v) is 10.9. The molecule has 6 nitrogen and oxygen atoms in total. The summed E-state index contributed by atoms with van der Waals surface area (Å²) in [6.07, 6.45) is 0.701. The summed E-state index contributed by atoms with van der Waals surface area (Å²) in [7, 11) is 0.